The predicted octanol–water partition coefficient (Wildman–Crippen LogP) is 6.65. The Labute approximate surface area is 225 Å². The number of ether oxygens (including phenoxy) is 1. The number of aryl methyl sites for hydroxylation is 1. The van der Waals surface area contributed by atoms with Crippen LogP contribution in [0.25, 0.3) is 22.3 Å². The van der Waals surface area contributed by atoms with Gasteiger partial charge in [0.25, 0.3) is 5.91 Å². The highest BCUT2D eigenvalue weighted by atomic mass is 16.5. The summed E-state index contributed by atoms with van der Waals surface area (Å²) in [6.45, 7) is 5.89. The molecular weight excluding hydrogens is 470 g/mol. The first kappa shape index (κ1) is 25.7. The van der Waals surface area contributed by atoms with Crippen LogP contribution in [-0.2, 0) is 13.0 Å². The Kier molecular flexibility index (Phi) is 7.85. The second-order valence-electron chi connectivity index (χ2n) is 9.98. The molecule has 1 N–H and O–H groups in total. The van der Waals surface area contributed by atoms with Crippen molar-refractivity contribution in [2.24, 2.45) is 0 Å². The Hall–Kier alpha value is -3.96. The van der Waals surface area contributed by atoms with Gasteiger partial charge in [-0.2, -0.15) is 0 Å². The van der Waals surface area contributed by atoms with Gasteiger partial charge >= 0.3 is 0 Å². The van der Waals surface area contributed by atoms with Gasteiger partial charge < -0.3 is 10.1 Å². The molecular formula is C33H35N3O2. The number of aromatic nitrogens is 1. The first-order valence-corrected chi connectivity index (χ1v) is 13.4. The monoisotopic (exact) mass is 505 g/mol. The SMILES string of the molecule is CCCC(NC(=O)c1ccc(-c2ccc(-c3ccc(C)nc3)cc2)cc1)N1CCc2ccc(OC)cc2C1. The molecule has 0 aliphatic carbocycles. The fraction of sp³-hybridized carbons (Fsp3) is 0.273. The standard InChI is InChI=1S/C33H35N3O2/c1-4-5-32(36-19-18-27-16-17-31(38-3)20-30(27)22-36)35-33(37)28-14-12-25(13-15-28)24-8-10-26(11-9-24)29-7-6-23(2)34-21-29/h6-17,20-21,32H,4-5,18-19,22H2,1-3H3,(H,35,37). The van der Waals surface area contributed by atoms with Crippen molar-refractivity contribution in [2.75, 3.05) is 13.7 Å². The number of hydrogen-bond acceptors (Lipinski definition) is 4. The number of fused-ring (bicyclic) bond motifs is 1. The maximum absolute atomic E-state index is 13.2. The van der Waals surface area contributed by atoms with E-state index in [1.165, 1.54) is 11.1 Å². The molecule has 0 fully saturated rings. The second-order valence-corrected chi connectivity index (χ2v) is 9.98. The van der Waals surface area contributed by atoms with E-state index in [9.17, 15) is 4.79 Å². The molecule has 0 radical (unpaired) electrons. The maximum atomic E-state index is 13.2. The molecule has 1 amide bonds. The molecule has 1 aromatic heterocycles. The summed E-state index contributed by atoms with van der Waals surface area (Å²) in [5.74, 6) is 0.845. The normalized spacial score (nSPS) is 14.0. The van der Waals surface area contributed by atoms with Crippen LogP contribution >= 0.6 is 0 Å². The molecule has 3 aromatic carbocycles. The molecule has 1 atom stereocenters. The molecule has 5 heteroatoms. The molecule has 4 aromatic rings. The van der Waals surface area contributed by atoms with E-state index in [1.807, 2.05) is 49.5 Å². The lowest BCUT2D eigenvalue weighted by Crippen LogP contribution is -2.49. The summed E-state index contributed by atoms with van der Waals surface area (Å²) in [5.41, 5.74) is 8.77. The van der Waals surface area contributed by atoms with E-state index in [0.29, 0.717) is 5.56 Å². The number of pyridine rings is 1. The Morgan fingerprint density at radius 1 is 0.921 bits per heavy atom. The number of methoxy groups -OCH3 is 1. The molecule has 38 heavy (non-hydrogen) atoms. The van der Waals surface area contributed by atoms with Crippen LogP contribution in [0.5, 0.6) is 5.75 Å². The number of carbonyl (C=O) groups excluding carboxylic acids is 1. The van der Waals surface area contributed by atoms with E-state index < -0.39 is 0 Å². The quantitative estimate of drug-likeness (QED) is 0.291. The first-order valence-electron chi connectivity index (χ1n) is 13.4. The number of nitrogens with zero attached hydrogens (tertiary/aromatic N) is 2. The second kappa shape index (κ2) is 11.6. The van der Waals surface area contributed by atoms with E-state index in [1.54, 1.807) is 7.11 Å². The number of amides is 1. The van der Waals surface area contributed by atoms with Gasteiger partial charge in [0.05, 0.1) is 13.3 Å². The van der Waals surface area contributed by atoms with Crippen LogP contribution in [0.3, 0.4) is 0 Å². The maximum Gasteiger partial charge on any atom is 0.252 e. The van der Waals surface area contributed by atoms with Gasteiger partial charge in [0.2, 0.25) is 0 Å². The summed E-state index contributed by atoms with van der Waals surface area (Å²) in [7, 11) is 1.70. The van der Waals surface area contributed by atoms with Crippen molar-refractivity contribution in [1.82, 2.24) is 15.2 Å². The molecule has 1 aliphatic heterocycles. The Morgan fingerprint density at radius 2 is 1.58 bits per heavy atom. The zero-order valence-corrected chi connectivity index (χ0v) is 22.4. The topological polar surface area (TPSA) is 54.5 Å². The molecule has 0 saturated heterocycles. The van der Waals surface area contributed by atoms with E-state index in [-0.39, 0.29) is 12.1 Å². The minimum absolute atomic E-state index is 0.00432. The lowest BCUT2D eigenvalue weighted by molar-refractivity contribution is 0.0811. The fourth-order valence-electron chi connectivity index (χ4n) is 5.11. The highest BCUT2D eigenvalue weighted by molar-refractivity contribution is 5.94. The molecule has 1 aliphatic rings. The van der Waals surface area contributed by atoms with E-state index in [2.05, 4.69) is 64.6 Å². The number of hydrogen-bond donors (Lipinski definition) is 1. The smallest absolute Gasteiger partial charge is 0.252 e. The molecule has 5 rings (SSSR count). The van der Waals surface area contributed by atoms with Crippen LogP contribution in [-0.4, -0.2) is 35.6 Å². The average Bonchev–Trinajstić information content (AvgIpc) is 2.97. The molecule has 0 bridgehead atoms. The molecule has 0 saturated carbocycles. The van der Waals surface area contributed by atoms with Gasteiger partial charge in [0, 0.05) is 36.1 Å². The van der Waals surface area contributed by atoms with Crippen LogP contribution in [0.15, 0.2) is 85.1 Å². The van der Waals surface area contributed by atoms with Gasteiger partial charge in [-0.15, -0.1) is 0 Å². The van der Waals surface area contributed by atoms with E-state index in [0.717, 1.165) is 66.0 Å². The van der Waals surface area contributed by atoms with E-state index >= 15 is 0 Å². The van der Waals surface area contributed by atoms with Crippen LogP contribution in [0.4, 0.5) is 0 Å². The molecule has 2 heterocycles. The van der Waals surface area contributed by atoms with Gasteiger partial charge in [-0.1, -0.05) is 61.9 Å². The minimum atomic E-state index is -0.0336. The van der Waals surface area contributed by atoms with Crippen LogP contribution in [0.1, 0.15) is 46.9 Å². The molecule has 0 spiro atoms. The summed E-state index contributed by atoms with van der Waals surface area (Å²) in [5, 5.41) is 3.30. The van der Waals surface area contributed by atoms with Gasteiger partial charge in [-0.25, -0.2) is 0 Å². The van der Waals surface area contributed by atoms with Crippen molar-refractivity contribution in [3.8, 4) is 28.0 Å². The minimum Gasteiger partial charge on any atom is -0.497 e. The Morgan fingerprint density at radius 3 is 2.21 bits per heavy atom. The van der Waals surface area contributed by atoms with Crippen molar-refractivity contribution in [3.05, 3.63) is 107 Å². The van der Waals surface area contributed by atoms with Gasteiger partial charge in [0.1, 0.15) is 5.75 Å². The Balaban J connectivity index is 1.25. The highest BCUT2D eigenvalue weighted by Crippen LogP contribution is 2.27. The Bertz CT molecular complexity index is 1380. The van der Waals surface area contributed by atoms with Crippen molar-refractivity contribution in [3.63, 3.8) is 0 Å². The van der Waals surface area contributed by atoms with Crippen LogP contribution in [0.2, 0.25) is 0 Å². The third kappa shape index (κ3) is 5.79. The number of carbonyl (C=O) groups is 1. The van der Waals surface area contributed by atoms with Gasteiger partial charge in [-0.05, 0) is 77.9 Å². The highest BCUT2D eigenvalue weighted by Gasteiger charge is 2.25. The van der Waals surface area contributed by atoms with Gasteiger partial charge in [0.15, 0.2) is 0 Å². The molecule has 5 nitrogen and oxygen atoms in total. The fourth-order valence-corrected chi connectivity index (χ4v) is 5.11. The zero-order valence-electron chi connectivity index (χ0n) is 22.4. The van der Waals surface area contributed by atoms with E-state index in [4.69, 9.17) is 4.74 Å². The summed E-state index contributed by atoms with van der Waals surface area (Å²) < 4.78 is 5.43. The predicted molar refractivity (Wildman–Crippen MR) is 153 cm³/mol. The first-order chi connectivity index (χ1) is 18.5. The number of nitrogens with one attached hydrogen (secondary N) is 1. The van der Waals surface area contributed by atoms with Crippen LogP contribution < -0.4 is 10.1 Å². The molecule has 194 valence electrons. The largest absolute Gasteiger partial charge is 0.497 e. The van der Waals surface area contributed by atoms with Crippen molar-refractivity contribution in [1.29, 1.82) is 0 Å². The van der Waals surface area contributed by atoms with Gasteiger partial charge in [-0.3, -0.25) is 14.7 Å². The third-order valence-electron chi connectivity index (χ3n) is 7.37. The van der Waals surface area contributed by atoms with Crippen molar-refractivity contribution < 1.29 is 9.53 Å². The zero-order chi connectivity index (χ0) is 26.5. The summed E-state index contributed by atoms with van der Waals surface area (Å²) in [6.07, 6.45) is 4.79. The lowest BCUT2D eigenvalue weighted by atomic mass is 9.98. The summed E-state index contributed by atoms with van der Waals surface area (Å²) in [6, 6.07) is 26.8. The van der Waals surface area contributed by atoms with Crippen molar-refractivity contribution >= 4 is 5.91 Å². The third-order valence-corrected chi connectivity index (χ3v) is 7.37. The lowest BCUT2D eigenvalue weighted by Gasteiger charge is -2.36. The van der Waals surface area contributed by atoms with Crippen LogP contribution in [0, 0.1) is 6.92 Å². The van der Waals surface area contributed by atoms with Crippen molar-refractivity contribution in [2.45, 2.75) is 45.8 Å². The number of benzene rings is 3. The summed E-state index contributed by atoms with van der Waals surface area (Å²) in [4.78, 5) is 20.0. The average molecular weight is 506 g/mol. The summed E-state index contributed by atoms with van der Waals surface area (Å²) >= 11 is 0. The molecule has 1 unspecified atom stereocenters. The number of rotatable bonds is 8.